The first-order valence-electron chi connectivity index (χ1n) is 7.06. The second kappa shape index (κ2) is 9.26. The van der Waals surface area contributed by atoms with Gasteiger partial charge in [0.1, 0.15) is 4.90 Å². The highest BCUT2D eigenvalue weighted by atomic mass is 127. The second-order valence-electron chi connectivity index (χ2n) is 4.77. The molecule has 1 fully saturated rings. The second-order valence-corrected chi connectivity index (χ2v) is 6.53. The van der Waals surface area contributed by atoms with E-state index in [-0.39, 0.29) is 35.4 Å². The molecule has 0 atom stereocenters. The van der Waals surface area contributed by atoms with Gasteiger partial charge in [-0.1, -0.05) is 0 Å². The molecule has 2 rings (SSSR count). The van der Waals surface area contributed by atoms with E-state index in [0.717, 1.165) is 25.3 Å². The molecule has 1 saturated carbocycles. The summed E-state index contributed by atoms with van der Waals surface area (Å²) in [6.07, 6.45) is 5.19. The number of halogens is 1. The molecule has 22 heavy (non-hydrogen) atoms. The van der Waals surface area contributed by atoms with E-state index in [2.05, 4.69) is 25.3 Å². The minimum absolute atomic E-state index is 0. The van der Waals surface area contributed by atoms with Crippen molar-refractivity contribution in [2.75, 3.05) is 19.6 Å². The Labute approximate surface area is 148 Å². The first-order chi connectivity index (χ1) is 10.1. The van der Waals surface area contributed by atoms with Crippen LogP contribution in [0.4, 0.5) is 0 Å². The number of sulfonamides is 1. The van der Waals surface area contributed by atoms with E-state index < -0.39 is 10.0 Å². The van der Waals surface area contributed by atoms with Gasteiger partial charge in [0.05, 0.1) is 6.54 Å². The number of pyridine rings is 1. The van der Waals surface area contributed by atoms with Crippen molar-refractivity contribution in [2.45, 2.75) is 30.7 Å². The Morgan fingerprint density at radius 2 is 2.23 bits per heavy atom. The third-order valence-corrected chi connectivity index (χ3v) is 4.33. The van der Waals surface area contributed by atoms with Gasteiger partial charge >= 0.3 is 0 Å². The van der Waals surface area contributed by atoms with Crippen LogP contribution in [0.25, 0.3) is 0 Å². The van der Waals surface area contributed by atoms with Crippen LogP contribution in [0.15, 0.2) is 34.4 Å². The molecule has 0 radical (unpaired) electrons. The molecule has 1 aromatic rings. The minimum atomic E-state index is -3.50. The average molecular weight is 439 g/mol. The molecule has 0 saturated heterocycles. The number of hydrogen-bond donors (Lipinski definition) is 3. The summed E-state index contributed by atoms with van der Waals surface area (Å²) in [7, 11) is -3.50. The fourth-order valence-electron chi connectivity index (χ4n) is 1.68. The van der Waals surface area contributed by atoms with Crippen molar-refractivity contribution in [3.8, 4) is 0 Å². The Bertz CT molecular complexity index is 575. The van der Waals surface area contributed by atoms with Crippen LogP contribution in [0.3, 0.4) is 0 Å². The lowest BCUT2D eigenvalue weighted by Gasteiger charge is -2.10. The molecule has 0 aliphatic heterocycles. The maximum atomic E-state index is 12.0. The Morgan fingerprint density at radius 3 is 2.82 bits per heavy atom. The van der Waals surface area contributed by atoms with E-state index in [1.54, 1.807) is 6.07 Å². The molecule has 0 unspecified atom stereocenters. The highest BCUT2D eigenvalue weighted by molar-refractivity contribution is 14.0. The largest absolute Gasteiger partial charge is 0.357 e. The summed E-state index contributed by atoms with van der Waals surface area (Å²) in [6.45, 7) is 3.40. The number of aliphatic imine (C=N–C) groups is 1. The smallest absolute Gasteiger partial charge is 0.242 e. The van der Waals surface area contributed by atoms with Crippen molar-refractivity contribution in [1.82, 2.24) is 20.3 Å². The van der Waals surface area contributed by atoms with Crippen LogP contribution in [-0.4, -0.2) is 45.0 Å². The summed E-state index contributed by atoms with van der Waals surface area (Å²) in [6, 6.07) is 3.61. The van der Waals surface area contributed by atoms with Crippen molar-refractivity contribution in [3.05, 3.63) is 24.5 Å². The van der Waals surface area contributed by atoms with Crippen molar-refractivity contribution in [3.63, 3.8) is 0 Å². The number of rotatable bonds is 7. The number of hydrogen-bond acceptors (Lipinski definition) is 4. The fourth-order valence-corrected chi connectivity index (χ4v) is 2.66. The molecule has 0 amide bonds. The minimum Gasteiger partial charge on any atom is -0.357 e. The maximum absolute atomic E-state index is 12.0. The van der Waals surface area contributed by atoms with Gasteiger partial charge in [-0.05, 0) is 31.9 Å². The lowest BCUT2D eigenvalue weighted by atomic mass is 10.5. The topological polar surface area (TPSA) is 95.5 Å². The lowest BCUT2D eigenvalue weighted by molar-refractivity contribution is 0.581. The van der Waals surface area contributed by atoms with Crippen molar-refractivity contribution in [2.24, 2.45) is 4.99 Å². The van der Waals surface area contributed by atoms with Crippen LogP contribution in [-0.2, 0) is 10.0 Å². The summed E-state index contributed by atoms with van der Waals surface area (Å²) < 4.78 is 26.4. The van der Waals surface area contributed by atoms with E-state index in [1.165, 1.54) is 18.5 Å². The molecule has 124 valence electrons. The maximum Gasteiger partial charge on any atom is 0.242 e. The van der Waals surface area contributed by atoms with Gasteiger partial charge in [0.15, 0.2) is 5.96 Å². The molecule has 0 spiro atoms. The van der Waals surface area contributed by atoms with Crippen molar-refractivity contribution in [1.29, 1.82) is 0 Å². The lowest BCUT2D eigenvalue weighted by Crippen LogP contribution is -2.39. The summed E-state index contributed by atoms with van der Waals surface area (Å²) in [5.74, 6) is 0.737. The molecule has 9 heteroatoms. The van der Waals surface area contributed by atoms with Gasteiger partial charge in [-0.15, -0.1) is 24.0 Å². The van der Waals surface area contributed by atoms with Crippen LogP contribution >= 0.6 is 24.0 Å². The monoisotopic (exact) mass is 439 g/mol. The molecule has 0 bridgehead atoms. The molecular formula is C13H22IN5O2S. The van der Waals surface area contributed by atoms with Crippen LogP contribution in [0.5, 0.6) is 0 Å². The average Bonchev–Trinajstić information content (AvgIpc) is 3.29. The molecular weight excluding hydrogens is 417 g/mol. The Kier molecular flexibility index (Phi) is 8.04. The van der Waals surface area contributed by atoms with E-state index >= 15 is 0 Å². The van der Waals surface area contributed by atoms with Gasteiger partial charge in [-0.2, -0.15) is 0 Å². The summed E-state index contributed by atoms with van der Waals surface area (Å²) >= 11 is 0. The fraction of sp³-hybridized carbons (Fsp3) is 0.538. The number of nitrogens with zero attached hydrogens (tertiary/aromatic N) is 2. The third-order valence-electron chi connectivity index (χ3n) is 2.88. The first kappa shape index (κ1) is 19.1. The zero-order chi connectivity index (χ0) is 15.1. The van der Waals surface area contributed by atoms with Gasteiger partial charge in [0.25, 0.3) is 0 Å². The van der Waals surface area contributed by atoms with Gasteiger partial charge in [-0.25, -0.2) is 13.1 Å². The highest BCUT2D eigenvalue weighted by Gasteiger charge is 2.22. The van der Waals surface area contributed by atoms with E-state index in [0.29, 0.717) is 12.6 Å². The van der Waals surface area contributed by atoms with E-state index in [1.807, 2.05) is 6.92 Å². The number of nitrogens with one attached hydrogen (secondary N) is 3. The number of aromatic nitrogens is 1. The molecule has 1 heterocycles. The molecule has 1 aromatic heterocycles. The molecule has 3 N–H and O–H groups in total. The zero-order valence-electron chi connectivity index (χ0n) is 12.4. The van der Waals surface area contributed by atoms with Gasteiger partial charge in [-0.3, -0.25) is 9.98 Å². The Morgan fingerprint density at radius 1 is 1.45 bits per heavy atom. The molecule has 1 aliphatic carbocycles. The van der Waals surface area contributed by atoms with Crippen LogP contribution in [0.1, 0.15) is 19.8 Å². The van der Waals surface area contributed by atoms with Crippen molar-refractivity contribution >= 4 is 40.0 Å². The zero-order valence-corrected chi connectivity index (χ0v) is 15.6. The SMILES string of the molecule is CCNC(=NCCNS(=O)(=O)c1cccnc1)NC1CC1.I. The summed E-state index contributed by atoms with van der Waals surface area (Å²) in [5.41, 5.74) is 0. The van der Waals surface area contributed by atoms with Crippen LogP contribution in [0, 0.1) is 0 Å². The standard InChI is InChI=1S/C13H21N5O2S.HI/c1-2-15-13(18-11-5-6-11)16-8-9-17-21(19,20)12-4-3-7-14-10-12;/h3-4,7,10-11,17H,2,5-6,8-9H2,1H3,(H2,15,16,18);1H. The van der Waals surface area contributed by atoms with E-state index in [9.17, 15) is 8.42 Å². The normalized spacial score (nSPS) is 15.0. The van der Waals surface area contributed by atoms with Gasteiger partial charge in [0, 0.05) is 31.5 Å². The summed E-state index contributed by atoms with van der Waals surface area (Å²) in [4.78, 5) is 8.31. The highest BCUT2D eigenvalue weighted by Crippen LogP contribution is 2.18. The first-order valence-corrected chi connectivity index (χ1v) is 8.54. The Hall–Kier alpha value is -0.940. The third kappa shape index (κ3) is 6.44. The van der Waals surface area contributed by atoms with Crippen molar-refractivity contribution < 1.29 is 8.42 Å². The molecule has 1 aliphatic rings. The molecule has 7 nitrogen and oxygen atoms in total. The predicted octanol–water partition coefficient (Wildman–Crippen LogP) is 0.695. The number of guanidine groups is 1. The van der Waals surface area contributed by atoms with Crippen LogP contribution in [0.2, 0.25) is 0 Å². The van der Waals surface area contributed by atoms with Gasteiger partial charge < -0.3 is 10.6 Å². The molecule has 0 aromatic carbocycles. The van der Waals surface area contributed by atoms with Gasteiger partial charge in [0.2, 0.25) is 10.0 Å². The quantitative estimate of drug-likeness (QED) is 0.252. The van der Waals surface area contributed by atoms with Crippen LogP contribution < -0.4 is 15.4 Å². The van der Waals surface area contributed by atoms with E-state index in [4.69, 9.17) is 0 Å². The predicted molar refractivity (Wildman–Crippen MR) is 97.0 cm³/mol. The summed E-state index contributed by atoms with van der Waals surface area (Å²) in [5, 5.41) is 6.41. The Balaban J connectivity index is 0.00000242.